The molecule has 2 aromatic rings. The molecule has 1 heterocycles. The van der Waals surface area contributed by atoms with Gasteiger partial charge in [0.15, 0.2) is 17.3 Å². The zero-order valence-corrected chi connectivity index (χ0v) is 13.0. The molecule has 0 radical (unpaired) electrons. The van der Waals surface area contributed by atoms with Crippen LogP contribution in [0.4, 0.5) is 0 Å². The summed E-state index contributed by atoms with van der Waals surface area (Å²) in [5.74, 6) is 1.16. The molecule has 0 fully saturated rings. The van der Waals surface area contributed by atoms with Gasteiger partial charge in [-0.15, -0.1) is 0 Å². The van der Waals surface area contributed by atoms with Crippen molar-refractivity contribution < 1.29 is 19.0 Å². The number of hydrogen-bond acceptors (Lipinski definition) is 5. The van der Waals surface area contributed by atoms with Crippen molar-refractivity contribution in [3.05, 3.63) is 42.0 Å². The molecule has 6 heteroatoms. The molecule has 0 N–H and O–H groups in total. The van der Waals surface area contributed by atoms with E-state index in [4.69, 9.17) is 14.2 Å². The summed E-state index contributed by atoms with van der Waals surface area (Å²) in [5.41, 5.74) is 1.16. The van der Waals surface area contributed by atoms with Crippen LogP contribution in [0.15, 0.2) is 30.7 Å². The second kappa shape index (κ2) is 6.80. The topological polar surface area (TPSA) is 62.6 Å². The van der Waals surface area contributed by atoms with Gasteiger partial charge in [-0.05, 0) is 24.3 Å². The molecule has 0 aliphatic carbocycles. The second-order valence-corrected chi connectivity index (χ2v) is 4.58. The lowest BCUT2D eigenvalue weighted by molar-refractivity contribution is 0.104. The number of aryl methyl sites for hydroxylation is 1. The summed E-state index contributed by atoms with van der Waals surface area (Å²) in [7, 11) is 6.40. The Kier molecular flexibility index (Phi) is 4.83. The summed E-state index contributed by atoms with van der Waals surface area (Å²) in [4.78, 5) is 16.4. The highest BCUT2D eigenvalue weighted by molar-refractivity contribution is 6.07. The fourth-order valence-corrected chi connectivity index (χ4v) is 2.00. The lowest BCUT2D eigenvalue weighted by atomic mass is 10.1. The van der Waals surface area contributed by atoms with Gasteiger partial charge >= 0.3 is 0 Å². The Morgan fingerprint density at radius 2 is 1.77 bits per heavy atom. The number of imidazole rings is 1. The Labute approximate surface area is 128 Å². The first-order valence-electron chi connectivity index (χ1n) is 6.59. The molecule has 0 aliphatic rings. The van der Waals surface area contributed by atoms with Crippen molar-refractivity contribution in [1.82, 2.24) is 9.55 Å². The Morgan fingerprint density at radius 1 is 1.14 bits per heavy atom. The number of ketones is 1. The molecule has 0 spiro atoms. The number of carbonyl (C=O) groups is 1. The van der Waals surface area contributed by atoms with Crippen LogP contribution in [0.2, 0.25) is 0 Å². The zero-order valence-electron chi connectivity index (χ0n) is 13.0. The Balaban J connectivity index is 2.31. The molecule has 0 aliphatic heterocycles. The summed E-state index contributed by atoms with van der Waals surface area (Å²) in [6, 6.07) is 3.24. The molecular weight excluding hydrogens is 284 g/mol. The molecule has 0 unspecified atom stereocenters. The molecule has 1 aromatic heterocycles. The molecule has 6 nitrogen and oxygen atoms in total. The summed E-state index contributed by atoms with van der Waals surface area (Å²) in [6.07, 6.45) is 6.61. The molecule has 0 amide bonds. The Bertz CT molecular complexity index is 679. The van der Waals surface area contributed by atoms with Crippen LogP contribution in [0.3, 0.4) is 0 Å². The molecule has 0 bridgehead atoms. The molecule has 0 saturated carbocycles. The van der Waals surface area contributed by atoms with Crippen LogP contribution in [0.25, 0.3) is 6.08 Å². The van der Waals surface area contributed by atoms with E-state index in [9.17, 15) is 4.79 Å². The largest absolute Gasteiger partial charge is 0.493 e. The van der Waals surface area contributed by atoms with Gasteiger partial charge in [-0.25, -0.2) is 4.98 Å². The van der Waals surface area contributed by atoms with Crippen molar-refractivity contribution in [3.8, 4) is 17.2 Å². The quantitative estimate of drug-likeness (QED) is 0.605. The molecular formula is C16H18N2O4. The Hall–Kier alpha value is -2.76. The van der Waals surface area contributed by atoms with Gasteiger partial charge in [0.1, 0.15) is 0 Å². The minimum Gasteiger partial charge on any atom is -0.493 e. The van der Waals surface area contributed by atoms with Gasteiger partial charge in [-0.2, -0.15) is 0 Å². The molecule has 2 rings (SSSR count). The number of rotatable bonds is 6. The predicted molar refractivity (Wildman–Crippen MR) is 82.7 cm³/mol. The van der Waals surface area contributed by atoms with Crippen molar-refractivity contribution in [1.29, 1.82) is 0 Å². The number of ether oxygens (including phenoxy) is 3. The maximum absolute atomic E-state index is 12.3. The lowest BCUT2D eigenvalue weighted by Gasteiger charge is -2.13. The van der Waals surface area contributed by atoms with Gasteiger partial charge in [0.25, 0.3) is 0 Å². The van der Waals surface area contributed by atoms with Crippen molar-refractivity contribution in [2.75, 3.05) is 21.3 Å². The number of methoxy groups -OCH3 is 3. The highest BCUT2D eigenvalue weighted by Gasteiger charge is 2.15. The van der Waals surface area contributed by atoms with Gasteiger partial charge in [0, 0.05) is 18.8 Å². The SMILES string of the molecule is COc1cc(C(=O)/C=C/c2cn(C)cn2)cc(OC)c1OC. The number of benzene rings is 1. The third-order valence-corrected chi connectivity index (χ3v) is 3.08. The van der Waals surface area contributed by atoms with Gasteiger partial charge < -0.3 is 18.8 Å². The van der Waals surface area contributed by atoms with Crippen LogP contribution in [0.5, 0.6) is 17.2 Å². The first-order chi connectivity index (χ1) is 10.6. The predicted octanol–water partition coefficient (Wildman–Crippen LogP) is 2.34. The third kappa shape index (κ3) is 3.28. The summed E-state index contributed by atoms with van der Waals surface area (Å²) in [5, 5.41) is 0. The van der Waals surface area contributed by atoms with E-state index in [2.05, 4.69) is 4.98 Å². The second-order valence-electron chi connectivity index (χ2n) is 4.58. The van der Waals surface area contributed by atoms with E-state index in [0.29, 0.717) is 28.5 Å². The van der Waals surface area contributed by atoms with Crippen molar-refractivity contribution in [2.45, 2.75) is 0 Å². The normalized spacial score (nSPS) is 10.7. The van der Waals surface area contributed by atoms with Crippen LogP contribution in [-0.4, -0.2) is 36.7 Å². The highest BCUT2D eigenvalue weighted by atomic mass is 16.5. The van der Waals surface area contributed by atoms with Gasteiger partial charge in [0.05, 0.1) is 33.4 Å². The van der Waals surface area contributed by atoms with Gasteiger partial charge in [-0.3, -0.25) is 4.79 Å². The maximum atomic E-state index is 12.3. The average molecular weight is 302 g/mol. The zero-order chi connectivity index (χ0) is 16.1. The van der Waals surface area contributed by atoms with Crippen molar-refractivity contribution in [3.63, 3.8) is 0 Å². The average Bonchev–Trinajstić information content (AvgIpc) is 2.96. The maximum Gasteiger partial charge on any atom is 0.203 e. The minimum atomic E-state index is -0.176. The first-order valence-corrected chi connectivity index (χ1v) is 6.59. The standard InChI is InChI=1S/C16H18N2O4/c1-18-9-12(17-10-18)5-6-13(19)11-7-14(20-2)16(22-4)15(8-11)21-3/h5-10H,1-4H3/b6-5+. The molecule has 116 valence electrons. The van der Waals surface area contributed by atoms with E-state index in [0.717, 1.165) is 0 Å². The van der Waals surface area contributed by atoms with Crippen LogP contribution in [0, 0.1) is 0 Å². The molecule has 1 aromatic carbocycles. The summed E-state index contributed by atoms with van der Waals surface area (Å²) in [6.45, 7) is 0. The van der Waals surface area contributed by atoms with E-state index >= 15 is 0 Å². The molecule has 0 saturated heterocycles. The fraction of sp³-hybridized carbons (Fsp3) is 0.250. The minimum absolute atomic E-state index is 0.176. The lowest BCUT2D eigenvalue weighted by Crippen LogP contribution is -2.00. The summed E-state index contributed by atoms with van der Waals surface area (Å²) < 4.78 is 17.5. The first kappa shape index (κ1) is 15.6. The highest BCUT2D eigenvalue weighted by Crippen LogP contribution is 2.38. The van der Waals surface area contributed by atoms with E-state index in [1.165, 1.54) is 27.4 Å². The van der Waals surface area contributed by atoms with Crippen LogP contribution in [0.1, 0.15) is 16.1 Å². The van der Waals surface area contributed by atoms with Gasteiger partial charge in [-0.1, -0.05) is 0 Å². The van der Waals surface area contributed by atoms with E-state index in [1.54, 1.807) is 24.5 Å². The van der Waals surface area contributed by atoms with Crippen LogP contribution >= 0.6 is 0 Å². The number of aromatic nitrogens is 2. The molecule has 0 atom stereocenters. The summed E-state index contributed by atoms with van der Waals surface area (Å²) >= 11 is 0. The Morgan fingerprint density at radius 3 is 2.23 bits per heavy atom. The number of nitrogens with zero attached hydrogens (tertiary/aromatic N) is 2. The van der Waals surface area contributed by atoms with E-state index in [1.807, 2.05) is 17.8 Å². The van der Waals surface area contributed by atoms with E-state index in [-0.39, 0.29) is 5.78 Å². The van der Waals surface area contributed by atoms with Crippen molar-refractivity contribution >= 4 is 11.9 Å². The van der Waals surface area contributed by atoms with Crippen LogP contribution < -0.4 is 14.2 Å². The number of hydrogen-bond donors (Lipinski definition) is 0. The fourth-order valence-electron chi connectivity index (χ4n) is 2.00. The van der Waals surface area contributed by atoms with Crippen molar-refractivity contribution in [2.24, 2.45) is 7.05 Å². The number of allylic oxidation sites excluding steroid dienone is 1. The van der Waals surface area contributed by atoms with Crippen LogP contribution in [-0.2, 0) is 7.05 Å². The smallest absolute Gasteiger partial charge is 0.203 e. The monoisotopic (exact) mass is 302 g/mol. The van der Waals surface area contributed by atoms with Gasteiger partial charge in [0.2, 0.25) is 5.75 Å². The number of carbonyl (C=O) groups excluding carboxylic acids is 1. The van der Waals surface area contributed by atoms with E-state index < -0.39 is 0 Å². The molecule has 22 heavy (non-hydrogen) atoms. The third-order valence-electron chi connectivity index (χ3n) is 3.08.